The van der Waals surface area contributed by atoms with Gasteiger partial charge in [-0.25, -0.2) is 0 Å². The summed E-state index contributed by atoms with van der Waals surface area (Å²) in [6.45, 7) is 0.294. The van der Waals surface area contributed by atoms with Crippen molar-refractivity contribution in [3.63, 3.8) is 0 Å². The van der Waals surface area contributed by atoms with E-state index in [0.717, 1.165) is 24.8 Å². The fourth-order valence-corrected chi connectivity index (χ4v) is 1.54. The summed E-state index contributed by atoms with van der Waals surface area (Å²) in [6, 6.07) is 0. The molecule has 0 aromatic rings. The number of rotatable bonds is 2. The monoisotopic (exact) mass is 150 g/mol. The summed E-state index contributed by atoms with van der Waals surface area (Å²) in [4.78, 5) is 0. The molecule has 0 amide bonds. The fraction of sp³-hybridized carbons (Fsp3) is 0.600. The molecule has 1 heteroatoms. The van der Waals surface area contributed by atoms with Gasteiger partial charge in [-0.05, 0) is 37.2 Å². The van der Waals surface area contributed by atoms with Gasteiger partial charge in [0.25, 0.3) is 0 Å². The Bertz CT molecular complexity index is 186. The van der Waals surface area contributed by atoms with Gasteiger partial charge in [-0.3, -0.25) is 0 Å². The Morgan fingerprint density at radius 2 is 2.55 bits per heavy atom. The molecule has 11 heavy (non-hydrogen) atoms. The molecule has 0 radical (unpaired) electrons. The molecule has 1 unspecified atom stereocenters. The molecule has 0 aromatic heterocycles. The van der Waals surface area contributed by atoms with Crippen LogP contribution in [0.4, 0.5) is 0 Å². The van der Waals surface area contributed by atoms with Crippen molar-refractivity contribution in [2.24, 2.45) is 5.92 Å². The van der Waals surface area contributed by atoms with Gasteiger partial charge in [-0.1, -0.05) is 12.0 Å². The molecule has 0 aromatic carbocycles. The lowest BCUT2D eigenvalue weighted by molar-refractivity contribution is 0.250. The van der Waals surface area contributed by atoms with Crippen LogP contribution in [-0.2, 0) is 0 Å². The molecular formula is C10H14O. The second-order valence-electron chi connectivity index (χ2n) is 3.03. The molecule has 1 atom stereocenters. The Kier molecular flexibility index (Phi) is 3.19. The molecule has 0 aliphatic heterocycles. The standard InChI is InChI=1S/C10H14O/c1-2-9-4-3-5-10(8-9)6-7-11/h1,4,10-11H,3,5-8H2. The summed E-state index contributed by atoms with van der Waals surface area (Å²) in [5, 5.41) is 8.71. The van der Waals surface area contributed by atoms with E-state index in [9.17, 15) is 0 Å². The predicted octanol–water partition coefficient (Wildman–Crippen LogP) is 1.73. The van der Waals surface area contributed by atoms with E-state index in [4.69, 9.17) is 11.5 Å². The number of aliphatic hydroxyl groups excluding tert-OH is 1. The van der Waals surface area contributed by atoms with Gasteiger partial charge in [0.05, 0.1) is 0 Å². The van der Waals surface area contributed by atoms with Gasteiger partial charge in [-0.15, -0.1) is 6.42 Å². The molecule has 0 fully saturated rings. The highest BCUT2D eigenvalue weighted by atomic mass is 16.3. The Morgan fingerprint density at radius 1 is 1.73 bits per heavy atom. The SMILES string of the molecule is C#CC1=CCCC(CCO)C1. The van der Waals surface area contributed by atoms with E-state index in [2.05, 4.69) is 12.0 Å². The van der Waals surface area contributed by atoms with Crippen LogP contribution in [0.3, 0.4) is 0 Å². The highest BCUT2D eigenvalue weighted by molar-refractivity contribution is 5.26. The van der Waals surface area contributed by atoms with Crippen LogP contribution in [0.2, 0.25) is 0 Å². The largest absolute Gasteiger partial charge is 0.396 e. The summed E-state index contributed by atoms with van der Waals surface area (Å²) in [6.07, 6.45) is 11.6. The second-order valence-corrected chi connectivity index (χ2v) is 3.03. The zero-order valence-electron chi connectivity index (χ0n) is 6.71. The molecule has 0 spiro atoms. The molecule has 1 N–H and O–H groups in total. The maximum atomic E-state index is 8.71. The first kappa shape index (κ1) is 8.36. The first-order valence-corrected chi connectivity index (χ1v) is 4.13. The smallest absolute Gasteiger partial charge is 0.0433 e. The van der Waals surface area contributed by atoms with Crippen molar-refractivity contribution in [1.29, 1.82) is 0 Å². The third-order valence-corrected chi connectivity index (χ3v) is 2.20. The number of allylic oxidation sites excluding steroid dienone is 2. The fourth-order valence-electron chi connectivity index (χ4n) is 1.54. The summed E-state index contributed by atoms with van der Waals surface area (Å²) >= 11 is 0. The zero-order chi connectivity index (χ0) is 8.10. The molecule has 0 bridgehead atoms. The van der Waals surface area contributed by atoms with Crippen LogP contribution in [0.5, 0.6) is 0 Å². The van der Waals surface area contributed by atoms with Crippen LogP contribution in [0, 0.1) is 18.3 Å². The molecule has 0 saturated heterocycles. The Balaban J connectivity index is 2.41. The van der Waals surface area contributed by atoms with Gasteiger partial charge >= 0.3 is 0 Å². The number of aliphatic hydroxyl groups is 1. The van der Waals surface area contributed by atoms with Crippen LogP contribution < -0.4 is 0 Å². The van der Waals surface area contributed by atoms with Crippen LogP contribution in [0.25, 0.3) is 0 Å². The summed E-state index contributed by atoms with van der Waals surface area (Å²) < 4.78 is 0. The Morgan fingerprint density at radius 3 is 3.18 bits per heavy atom. The van der Waals surface area contributed by atoms with E-state index in [0.29, 0.717) is 12.5 Å². The first-order valence-electron chi connectivity index (χ1n) is 4.13. The number of hydrogen-bond donors (Lipinski definition) is 1. The lowest BCUT2D eigenvalue weighted by atomic mass is 9.87. The van der Waals surface area contributed by atoms with E-state index in [1.54, 1.807) is 0 Å². The Hall–Kier alpha value is -0.740. The lowest BCUT2D eigenvalue weighted by Gasteiger charge is -2.18. The molecule has 1 aliphatic carbocycles. The van der Waals surface area contributed by atoms with Crippen molar-refractivity contribution in [2.45, 2.75) is 25.7 Å². The topological polar surface area (TPSA) is 20.2 Å². The average Bonchev–Trinajstić information content (AvgIpc) is 2.06. The van der Waals surface area contributed by atoms with Gasteiger partial charge in [0, 0.05) is 6.61 Å². The van der Waals surface area contributed by atoms with E-state index < -0.39 is 0 Å². The third-order valence-electron chi connectivity index (χ3n) is 2.20. The predicted molar refractivity (Wildman–Crippen MR) is 46.0 cm³/mol. The highest BCUT2D eigenvalue weighted by Gasteiger charge is 2.13. The van der Waals surface area contributed by atoms with Gasteiger partial charge in [0.2, 0.25) is 0 Å². The van der Waals surface area contributed by atoms with E-state index in [1.807, 2.05) is 0 Å². The van der Waals surface area contributed by atoms with E-state index in [-0.39, 0.29) is 0 Å². The van der Waals surface area contributed by atoms with Crippen LogP contribution in [-0.4, -0.2) is 11.7 Å². The zero-order valence-corrected chi connectivity index (χ0v) is 6.71. The van der Waals surface area contributed by atoms with Crippen molar-refractivity contribution in [3.8, 4) is 12.3 Å². The number of terminal acetylenes is 1. The first-order chi connectivity index (χ1) is 5.36. The highest BCUT2D eigenvalue weighted by Crippen LogP contribution is 2.25. The van der Waals surface area contributed by atoms with Crippen LogP contribution in [0.15, 0.2) is 11.6 Å². The minimum Gasteiger partial charge on any atom is -0.396 e. The molecule has 60 valence electrons. The summed E-state index contributed by atoms with van der Waals surface area (Å²) in [5.41, 5.74) is 1.12. The van der Waals surface area contributed by atoms with Crippen molar-refractivity contribution in [3.05, 3.63) is 11.6 Å². The quantitative estimate of drug-likeness (QED) is 0.594. The maximum absolute atomic E-state index is 8.71. The van der Waals surface area contributed by atoms with Gasteiger partial charge in [0.1, 0.15) is 0 Å². The van der Waals surface area contributed by atoms with Crippen LogP contribution in [0.1, 0.15) is 25.7 Å². The van der Waals surface area contributed by atoms with Crippen molar-refractivity contribution >= 4 is 0 Å². The summed E-state index contributed by atoms with van der Waals surface area (Å²) in [5.74, 6) is 3.29. The van der Waals surface area contributed by atoms with Crippen molar-refractivity contribution in [1.82, 2.24) is 0 Å². The molecule has 0 saturated carbocycles. The molecular weight excluding hydrogens is 136 g/mol. The normalized spacial score (nSPS) is 24.0. The lowest BCUT2D eigenvalue weighted by Crippen LogP contribution is -2.07. The molecule has 1 rings (SSSR count). The second kappa shape index (κ2) is 4.20. The average molecular weight is 150 g/mol. The van der Waals surface area contributed by atoms with E-state index >= 15 is 0 Å². The van der Waals surface area contributed by atoms with Gasteiger partial charge in [-0.2, -0.15) is 0 Å². The summed E-state index contributed by atoms with van der Waals surface area (Å²) in [7, 11) is 0. The van der Waals surface area contributed by atoms with Crippen molar-refractivity contribution in [2.75, 3.05) is 6.61 Å². The molecule has 1 nitrogen and oxygen atoms in total. The van der Waals surface area contributed by atoms with Crippen molar-refractivity contribution < 1.29 is 5.11 Å². The van der Waals surface area contributed by atoms with Gasteiger partial charge < -0.3 is 5.11 Å². The maximum Gasteiger partial charge on any atom is 0.0433 e. The molecule has 0 heterocycles. The minimum atomic E-state index is 0.294. The third kappa shape index (κ3) is 2.40. The molecule has 1 aliphatic rings. The van der Waals surface area contributed by atoms with Gasteiger partial charge in [0.15, 0.2) is 0 Å². The van der Waals surface area contributed by atoms with E-state index in [1.165, 1.54) is 6.42 Å². The number of hydrogen-bond acceptors (Lipinski definition) is 1. The minimum absolute atomic E-state index is 0.294. The van der Waals surface area contributed by atoms with Crippen LogP contribution >= 0.6 is 0 Å². The Labute approximate surface area is 68.1 Å².